The summed E-state index contributed by atoms with van der Waals surface area (Å²) in [4.78, 5) is 3.72. The highest BCUT2D eigenvalue weighted by Gasteiger charge is 2.21. The van der Waals surface area contributed by atoms with Crippen molar-refractivity contribution in [3.05, 3.63) is 23.0 Å². The first-order valence-electron chi connectivity index (χ1n) is 4.03. The van der Waals surface area contributed by atoms with Crippen molar-refractivity contribution in [2.45, 2.75) is 20.0 Å². The molecule has 0 saturated carbocycles. The number of nitrogens with zero attached hydrogens (tertiary/aromatic N) is 1. The highest BCUT2D eigenvalue weighted by Crippen LogP contribution is 2.33. The number of rotatable bonds is 3. The van der Waals surface area contributed by atoms with Gasteiger partial charge in [-0.25, -0.2) is 8.78 Å². The summed E-state index contributed by atoms with van der Waals surface area (Å²) in [7, 11) is 1.31. The van der Waals surface area contributed by atoms with Crippen LogP contribution in [0.4, 0.5) is 8.78 Å². The van der Waals surface area contributed by atoms with Gasteiger partial charge in [0.25, 0.3) is 6.43 Å². The van der Waals surface area contributed by atoms with Gasteiger partial charge in [0.15, 0.2) is 0 Å². The monoisotopic (exact) mass is 203 g/mol. The van der Waals surface area contributed by atoms with Crippen LogP contribution in [0.25, 0.3) is 0 Å². The molecule has 0 atom stereocenters. The Labute approximate surface area is 80.3 Å². The molecule has 0 spiro atoms. The largest absolute Gasteiger partial charge is 0.496 e. The molecular formula is C9H11F2NO2. The minimum absolute atomic E-state index is 0.0394. The number of methoxy groups -OCH3 is 1. The van der Waals surface area contributed by atoms with Gasteiger partial charge in [-0.3, -0.25) is 4.98 Å². The van der Waals surface area contributed by atoms with Crippen molar-refractivity contribution < 1.29 is 18.6 Å². The number of ether oxygens (including phenoxy) is 1. The van der Waals surface area contributed by atoms with E-state index in [4.69, 9.17) is 9.84 Å². The fourth-order valence-electron chi connectivity index (χ4n) is 1.27. The Bertz CT molecular complexity index is 329. The molecule has 0 aliphatic heterocycles. The molecule has 0 fully saturated rings. The van der Waals surface area contributed by atoms with Crippen molar-refractivity contribution in [1.29, 1.82) is 0 Å². The van der Waals surface area contributed by atoms with Gasteiger partial charge < -0.3 is 9.84 Å². The molecule has 0 aromatic carbocycles. The van der Waals surface area contributed by atoms with Crippen LogP contribution in [-0.4, -0.2) is 17.2 Å². The van der Waals surface area contributed by atoms with Crippen molar-refractivity contribution in [3.8, 4) is 5.75 Å². The van der Waals surface area contributed by atoms with E-state index in [1.165, 1.54) is 13.3 Å². The number of aromatic nitrogens is 1. The van der Waals surface area contributed by atoms with Gasteiger partial charge in [-0.2, -0.15) is 0 Å². The van der Waals surface area contributed by atoms with E-state index in [1.807, 2.05) is 0 Å². The first kappa shape index (κ1) is 10.8. The maximum Gasteiger partial charge on any atom is 0.269 e. The Hall–Kier alpha value is -1.23. The van der Waals surface area contributed by atoms with E-state index in [9.17, 15) is 8.78 Å². The number of halogens is 2. The van der Waals surface area contributed by atoms with Crippen LogP contribution in [0.2, 0.25) is 0 Å². The van der Waals surface area contributed by atoms with E-state index >= 15 is 0 Å². The number of hydrogen-bond donors (Lipinski definition) is 1. The van der Waals surface area contributed by atoms with Crippen molar-refractivity contribution in [2.75, 3.05) is 7.11 Å². The summed E-state index contributed by atoms with van der Waals surface area (Å²) in [5.41, 5.74) is 0.164. The molecule has 0 bridgehead atoms. The van der Waals surface area contributed by atoms with E-state index in [0.29, 0.717) is 5.56 Å². The number of hydrogen-bond acceptors (Lipinski definition) is 3. The Morgan fingerprint density at radius 3 is 2.64 bits per heavy atom. The molecule has 5 heteroatoms. The molecule has 1 N–H and O–H groups in total. The summed E-state index contributed by atoms with van der Waals surface area (Å²) >= 11 is 0. The molecule has 0 unspecified atom stereocenters. The van der Waals surface area contributed by atoms with Gasteiger partial charge in [-0.1, -0.05) is 0 Å². The van der Waals surface area contributed by atoms with Crippen LogP contribution in [0, 0.1) is 6.92 Å². The second-order valence-corrected chi connectivity index (χ2v) is 2.79. The molecule has 1 aromatic heterocycles. The summed E-state index contributed by atoms with van der Waals surface area (Å²) in [5, 5.41) is 8.83. The average molecular weight is 203 g/mol. The van der Waals surface area contributed by atoms with Gasteiger partial charge in [0.1, 0.15) is 5.75 Å². The van der Waals surface area contributed by atoms with Crippen LogP contribution in [0.3, 0.4) is 0 Å². The molecule has 0 radical (unpaired) electrons. The zero-order valence-corrected chi connectivity index (χ0v) is 7.92. The molecule has 0 saturated heterocycles. The van der Waals surface area contributed by atoms with Gasteiger partial charge in [0.05, 0.1) is 25.0 Å². The quantitative estimate of drug-likeness (QED) is 0.814. The second kappa shape index (κ2) is 4.32. The predicted molar refractivity (Wildman–Crippen MR) is 46.4 cm³/mol. The van der Waals surface area contributed by atoms with Gasteiger partial charge in [0, 0.05) is 11.8 Å². The Kier molecular flexibility index (Phi) is 3.35. The van der Waals surface area contributed by atoms with Crippen LogP contribution in [0.5, 0.6) is 5.75 Å². The minimum Gasteiger partial charge on any atom is -0.496 e. The third-order valence-electron chi connectivity index (χ3n) is 1.90. The Morgan fingerprint density at radius 1 is 1.57 bits per heavy atom. The predicted octanol–water partition coefficient (Wildman–Crippen LogP) is 1.83. The van der Waals surface area contributed by atoms with Crippen LogP contribution in [0.15, 0.2) is 6.20 Å². The standard InChI is InChI=1S/C9H11F2NO2/c1-5-3-12-6(4-13)7(9(10)11)8(5)14-2/h3,9,13H,4H2,1-2H3. The zero-order chi connectivity index (χ0) is 10.7. The lowest BCUT2D eigenvalue weighted by atomic mass is 10.1. The van der Waals surface area contributed by atoms with E-state index < -0.39 is 13.0 Å². The fourth-order valence-corrected chi connectivity index (χ4v) is 1.27. The van der Waals surface area contributed by atoms with Crippen LogP contribution in [-0.2, 0) is 6.61 Å². The summed E-state index contributed by atoms with van der Waals surface area (Å²) in [6.45, 7) is 1.11. The number of pyridine rings is 1. The molecule has 3 nitrogen and oxygen atoms in total. The van der Waals surface area contributed by atoms with Crippen molar-refractivity contribution in [2.24, 2.45) is 0 Å². The fraction of sp³-hybridized carbons (Fsp3) is 0.444. The topological polar surface area (TPSA) is 42.4 Å². The maximum absolute atomic E-state index is 12.6. The lowest BCUT2D eigenvalue weighted by Gasteiger charge is -2.13. The summed E-state index contributed by atoms with van der Waals surface area (Å²) < 4.78 is 30.1. The van der Waals surface area contributed by atoms with Gasteiger partial charge in [-0.15, -0.1) is 0 Å². The van der Waals surface area contributed by atoms with Crippen LogP contribution in [0.1, 0.15) is 23.2 Å². The number of aryl methyl sites for hydroxylation is 1. The van der Waals surface area contributed by atoms with Gasteiger partial charge in [0.2, 0.25) is 0 Å². The molecule has 1 aromatic rings. The summed E-state index contributed by atoms with van der Waals surface area (Å²) in [6, 6.07) is 0. The Balaban J connectivity index is 3.36. The molecular weight excluding hydrogens is 192 g/mol. The molecule has 0 aliphatic carbocycles. The van der Waals surface area contributed by atoms with E-state index in [1.54, 1.807) is 6.92 Å². The lowest BCUT2D eigenvalue weighted by molar-refractivity contribution is 0.141. The van der Waals surface area contributed by atoms with Crippen LogP contribution >= 0.6 is 0 Å². The molecule has 1 rings (SSSR count). The molecule has 14 heavy (non-hydrogen) atoms. The van der Waals surface area contributed by atoms with E-state index in [0.717, 1.165) is 0 Å². The minimum atomic E-state index is -2.69. The first-order valence-corrected chi connectivity index (χ1v) is 4.03. The molecule has 0 amide bonds. The second-order valence-electron chi connectivity index (χ2n) is 2.79. The average Bonchev–Trinajstić information content (AvgIpc) is 2.17. The molecule has 0 aliphatic rings. The third-order valence-corrected chi connectivity index (χ3v) is 1.90. The number of aliphatic hydroxyl groups excluding tert-OH is 1. The smallest absolute Gasteiger partial charge is 0.269 e. The SMILES string of the molecule is COc1c(C)cnc(CO)c1C(F)F. The first-order chi connectivity index (χ1) is 6.61. The van der Waals surface area contributed by atoms with Crippen molar-refractivity contribution in [3.63, 3.8) is 0 Å². The Morgan fingerprint density at radius 2 is 2.21 bits per heavy atom. The van der Waals surface area contributed by atoms with E-state index in [-0.39, 0.29) is 17.0 Å². The highest BCUT2D eigenvalue weighted by atomic mass is 19.3. The number of alkyl halides is 2. The summed E-state index contributed by atoms with van der Waals surface area (Å²) in [6.07, 6.45) is -1.30. The third kappa shape index (κ3) is 1.82. The number of aliphatic hydroxyl groups is 1. The summed E-state index contributed by atoms with van der Waals surface area (Å²) in [5.74, 6) is 0.0963. The normalized spacial score (nSPS) is 10.7. The van der Waals surface area contributed by atoms with Crippen molar-refractivity contribution in [1.82, 2.24) is 4.98 Å². The highest BCUT2D eigenvalue weighted by molar-refractivity contribution is 5.42. The molecule has 78 valence electrons. The maximum atomic E-state index is 12.6. The lowest BCUT2D eigenvalue weighted by Crippen LogP contribution is -2.03. The van der Waals surface area contributed by atoms with Gasteiger partial charge >= 0.3 is 0 Å². The molecule has 1 heterocycles. The van der Waals surface area contributed by atoms with Crippen LogP contribution < -0.4 is 4.74 Å². The van der Waals surface area contributed by atoms with Crippen molar-refractivity contribution >= 4 is 0 Å². The van der Waals surface area contributed by atoms with E-state index in [2.05, 4.69) is 4.98 Å². The van der Waals surface area contributed by atoms with Gasteiger partial charge in [-0.05, 0) is 6.92 Å². The zero-order valence-electron chi connectivity index (χ0n) is 7.92.